The van der Waals surface area contributed by atoms with Crippen LogP contribution in [0.1, 0.15) is 57.8 Å². The van der Waals surface area contributed by atoms with Crippen LogP contribution in [0.3, 0.4) is 0 Å². The van der Waals surface area contributed by atoms with Crippen LogP contribution < -0.4 is 11.3 Å². The fraction of sp³-hybridized carbons (Fsp3) is 1.00. The number of nitrogens with two attached hydrogens (primary N) is 1. The predicted molar refractivity (Wildman–Crippen MR) is 78.8 cm³/mol. The van der Waals surface area contributed by atoms with E-state index in [1.807, 2.05) is 0 Å². The van der Waals surface area contributed by atoms with Crippen molar-refractivity contribution in [3.8, 4) is 0 Å². The van der Waals surface area contributed by atoms with E-state index >= 15 is 0 Å². The largest absolute Gasteiger partial charge is 0.385 e. The molecule has 4 nitrogen and oxygen atoms in total. The molecule has 1 saturated carbocycles. The quantitative estimate of drug-likeness (QED) is 0.422. The lowest BCUT2D eigenvalue weighted by atomic mass is 9.82. The van der Waals surface area contributed by atoms with Crippen molar-refractivity contribution in [2.45, 2.75) is 69.4 Å². The van der Waals surface area contributed by atoms with Crippen molar-refractivity contribution in [2.24, 2.45) is 5.84 Å². The van der Waals surface area contributed by atoms with E-state index in [1.165, 1.54) is 58.0 Å². The smallest absolute Gasteiger partial charge is 0.0462 e. The molecule has 1 atom stereocenters. The maximum atomic E-state index is 5.91. The molecule has 1 aliphatic heterocycles. The highest BCUT2D eigenvalue weighted by atomic mass is 16.5. The Labute approximate surface area is 118 Å². The Morgan fingerprint density at radius 2 is 1.84 bits per heavy atom. The monoisotopic (exact) mass is 269 g/mol. The fourth-order valence-electron chi connectivity index (χ4n) is 4.15. The molecule has 2 aliphatic rings. The van der Waals surface area contributed by atoms with Crippen LogP contribution in [0.4, 0.5) is 0 Å². The van der Waals surface area contributed by atoms with Gasteiger partial charge in [0.15, 0.2) is 0 Å². The van der Waals surface area contributed by atoms with Crippen LogP contribution in [-0.2, 0) is 4.74 Å². The second kappa shape index (κ2) is 7.58. The molecule has 2 fully saturated rings. The Hall–Kier alpha value is -0.160. The Morgan fingerprint density at radius 1 is 1.16 bits per heavy atom. The lowest BCUT2D eigenvalue weighted by Crippen LogP contribution is -2.62. The minimum Gasteiger partial charge on any atom is -0.385 e. The van der Waals surface area contributed by atoms with Crippen LogP contribution in [0.15, 0.2) is 0 Å². The minimum absolute atomic E-state index is 0.322. The molecule has 1 saturated heterocycles. The van der Waals surface area contributed by atoms with E-state index in [4.69, 9.17) is 10.6 Å². The van der Waals surface area contributed by atoms with Crippen molar-refractivity contribution in [3.05, 3.63) is 0 Å². The van der Waals surface area contributed by atoms with E-state index in [0.717, 1.165) is 19.4 Å². The molecule has 0 radical (unpaired) electrons. The van der Waals surface area contributed by atoms with E-state index < -0.39 is 0 Å². The Balaban J connectivity index is 2.02. The first-order valence-electron chi connectivity index (χ1n) is 8.03. The number of hydrogen-bond acceptors (Lipinski definition) is 4. The molecule has 0 aromatic heterocycles. The van der Waals surface area contributed by atoms with Crippen LogP contribution in [0.5, 0.6) is 0 Å². The highest BCUT2D eigenvalue weighted by molar-refractivity contribution is 5.03. The number of piperidine rings is 1. The molecule has 1 unspecified atom stereocenters. The standard InChI is InChI=1S/C15H31N3O/c1-19-13-7-8-14(17-16)15(9-3-4-10-15)18-11-5-2-6-12-18/h14,17H,2-13,16H2,1H3. The average Bonchev–Trinajstić information content (AvgIpc) is 2.95. The van der Waals surface area contributed by atoms with Crippen LogP contribution in [0.25, 0.3) is 0 Å². The number of nitrogens with zero attached hydrogens (tertiary/aromatic N) is 1. The SMILES string of the molecule is COCCCC(NN)C1(N2CCCCC2)CCCC1. The molecule has 3 N–H and O–H groups in total. The first-order chi connectivity index (χ1) is 9.33. The number of likely N-dealkylation sites (tertiary alicyclic amines) is 1. The molecule has 0 amide bonds. The summed E-state index contributed by atoms with van der Waals surface area (Å²) in [6.07, 6.45) is 11.7. The van der Waals surface area contributed by atoms with Crippen molar-refractivity contribution >= 4 is 0 Å². The minimum atomic E-state index is 0.322. The molecule has 0 aromatic rings. The zero-order chi connectivity index (χ0) is 13.6. The number of rotatable bonds is 7. The predicted octanol–water partition coefficient (Wildman–Crippen LogP) is 2.04. The molecule has 2 rings (SSSR count). The molecule has 0 spiro atoms. The van der Waals surface area contributed by atoms with E-state index in [2.05, 4.69) is 10.3 Å². The summed E-state index contributed by atoms with van der Waals surface area (Å²) in [5, 5.41) is 0. The van der Waals surface area contributed by atoms with Gasteiger partial charge in [0.25, 0.3) is 0 Å². The van der Waals surface area contributed by atoms with Crippen molar-refractivity contribution in [3.63, 3.8) is 0 Å². The molecule has 1 heterocycles. The topological polar surface area (TPSA) is 50.5 Å². The third-order valence-corrected chi connectivity index (χ3v) is 5.15. The van der Waals surface area contributed by atoms with Gasteiger partial charge in [0.2, 0.25) is 0 Å². The van der Waals surface area contributed by atoms with E-state index in [1.54, 1.807) is 7.11 Å². The normalized spacial score (nSPS) is 25.6. The second-order valence-corrected chi connectivity index (χ2v) is 6.21. The maximum Gasteiger partial charge on any atom is 0.0462 e. The Morgan fingerprint density at radius 3 is 2.42 bits per heavy atom. The highest BCUT2D eigenvalue weighted by Crippen LogP contribution is 2.40. The van der Waals surface area contributed by atoms with Crippen LogP contribution in [0, 0.1) is 0 Å². The number of nitrogens with one attached hydrogen (secondary N) is 1. The summed E-state index contributed by atoms with van der Waals surface area (Å²) in [6.45, 7) is 3.37. The first-order valence-corrected chi connectivity index (χ1v) is 8.03. The van der Waals surface area contributed by atoms with E-state index in [-0.39, 0.29) is 0 Å². The summed E-state index contributed by atoms with van der Waals surface area (Å²) >= 11 is 0. The Bertz CT molecular complexity index is 248. The van der Waals surface area contributed by atoms with Gasteiger partial charge >= 0.3 is 0 Å². The summed E-state index contributed by atoms with van der Waals surface area (Å²) in [6, 6.07) is 0.420. The van der Waals surface area contributed by atoms with Gasteiger partial charge in [-0.3, -0.25) is 16.2 Å². The lowest BCUT2D eigenvalue weighted by molar-refractivity contribution is 0.0310. The zero-order valence-electron chi connectivity index (χ0n) is 12.5. The van der Waals surface area contributed by atoms with Gasteiger partial charge in [0.1, 0.15) is 0 Å². The second-order valence-electron chi connectivity index (χ2n) is 6.21. The number of hydrazine groups is 1. The summed E-state index contributed by atoms with van der Waals surface area (Å²) in [7, 11) is 1.78. The van der Waals surface area contributed by atoms with Gasteiger partial charge in [-0.25, -0.2) is 0 Å². The fourth-order valence-corrected chi connectivity index (χ4v) is 4.15. The van der Waals surface area contributed by atoms with Crippen LogP contribution in [-0.4, -0.2) is 43.3 Å². The molecule has 19 heavy (non-hydrogen) atoms. The molecular weight excluding hydrogens is 238 g/mol. The summed E-state index contributed by atoms with van der Waals surface area (Å²) in [5.74, 6) is 5.91. The maximum absolute atomic E-state index is 5.91. The van der Waals surface area contributed by atoms with Crippen molar-refractivity contribution in [2.75, 3.05) is 26.8 Å². The molecule has 112 valence electrons. The molecular formula is C15H31N3O. The average molecular weight is 269 g/mol. The lowest BCUT2D eigenvalue weighted by Gasteiger charge is -2.48. The summed E-state index contributed by atoms with van der Waals surface area (Å²) < 4.78 is 5.20. The number of hydrogen-bond donors (Lipinski definition) is 2. The third-order valence-electron chi connectivity index (χ3n) is 5.15. The summed E-state index contributed by atoms with van der Waals surface area (Å²) in [4.78, 5) is 2.75. The van der Waals surface area contributed by atoms with E-state index in [0.29, 0.717) is 11.6 Å². The highest BCUT2D eigenvalue weighted by Gasteiger charge is 2.45. The zero-order valence-corrected chi connectivity index (χ0v) is 12.5. The molecule has 4 heteroatoms. The van der Waals surface area contributed by atoms with E-state index in [9.17, 15) is 0 Å². The first kappa shape index (κ1) is 15.2. The van der Waals surface area contributed by atoms with Crippen molar-refractivity contribution in [1.82, 2.24) is 10.3 Å². The molecule has 0 bridgehead atoms. The van der Waals surface area contributed by atoms with Crippen molar-refractivity contribution < 1.29 is 4.74 Å². The van der Waals surface area contributed by atoms with Gasteiger partial charge in [-0.2, -0.15) is 0 Å². The van der Waals surface area contributed by atoms with Crippen molar-refractivity contribution in [1.29, 1.82) is 0 Å². The Kier molecular flexibility index (Phi) is 6.07. The third kappa shape index (κ3) is 3.48. The van der Waals surface area contributed by atoms with Gasteiger partial charge in [-0.15, -0.1) is 0 Å². The van der Waals surface area contributed by atoms with Gasteiger partial charge in [-0.1, -0.05) is 19.3 Å². The number of methoxy groups -OCH3 is 1. The van der Waals surface area contributed by atoms with Gasteiger partial charge in [0, 0.05) is 25.3 Å². The van der Waals surface area contributed by atoms with Gasteiger partial charge in [0.05, 0.1) is 0 Å². The van der Waals surface area contributed by atoms with Crippen LogP contribution in [0.2, 0.25) is 0 Å². The molecule has 0 aromatic carbocycles. The van der Waals surface area contributed by atoms with Gasteiger partial charge < -0.3 is 4.74 Å². The summed E-state index contributed by atoms with van der Waals surface area (Å²) in [5.41, 5.74) is 3.47. The molecule has 1 aliphatic carbocycles. The number of ether oxygens (including phenoxy) is 1. The van der Waals surface area contributed by atoms with Gasteiger partial charge in [-0.05, 0) is 51.6 Å². The van der Waals surface area contributed by atoms with Crippen LogP contribution >= 0.6 is 0 Å².